The Kier molecular flexibility index (Phi) is 4.78. The molecule has 2 aliphatic carbocycles. The number of aliphatic hydroxyl groups is 2. The second-order valence-electron chi connectivity index (χ2n) is 8.14. The normalized spacial score (nSPS) is 40.6. The van der Waals surface area contributed by atoms with Gasteiger partial charge in [-0.15, -0.1) is 0 Å². The third kappa shape index (κ3) is 2.79. The van der Waals surface area contributed by atoms with Crippen LogP contribution in [0.1, 0.15) is 47.0 Å². The first-order chi connectivity index (χ1) is 12.1. The molecule has 3 rings (SSSR count). The predicted molar refractivity (Wildman–Crippen MR) is 93.9 cm³/mol. The molecule has 0 aromatic heterocycles. The molecule has 2 N–H and O–H groups in total. The van der Waals surface area contributed by atoms with E-state index in [9.17, 15) is 19.8 Å². The maximum Gasteiger partial charge on any atom is 0.334 e. The van der Waals surface area contributed by atoms with E-state index in [1.165, 1.54) is 0 Å². The van der Waals surface area contributed by atoms with Gasteiger partial charge in [-0.3, -0.25) is 4.79 Å². The molecule has 0 bridgehead atoms. The Labute approximate surface area is 153 Å². The number of hydrogen-bond donors (Lipinski definition) is 2. The van der Waals surface area contributed by atoms with Gasteiger partial charge in [-0.2, -0.15) is 0 Å². The molecule has 6 nitrogen and oxygen atoms in total. The summed E-state index contributed by atoms with van der Waals surface area (Å²) in [6.07, 6.45) is -0.753. The van der Waals surface area contributed by atoms with Crippen LogP contribution in [0.2, 0.25) is 0 Å². The highest BCUT2D eigenvalue weighted by Gasteiger charge is 2.60. The van der Waals surface area contributed by atoms with Crippen molar-refractivity contribution in [1.29, 1.82) is 0 Å². The van der Waals surface area contributed by atoms with Gasteiger partial charge < -0.3 is 19.7 Å². The molecular formula is C20H28O6. The van der Waals surface area contributed by atoms with E-state index in [1.807, 2.05) is 20.8 Å². The van der Waals surface area contributed by atoms with Crippen LogP contribution in [0.15, 0.2) is 23.3 Å². The zero-order chi connectivity index (χ0) is 19.4. The van der Waals surface area contributed by atoms with Crippen LogP contribution in [-0.4, -0.2) is 46.1 Å². The van der Waals surface area contributed by atoms with Gasteiger partial charge in [0.2, 0.25) is 0 Å². The van der Waals surface area contributed by atoms with E-state index in [2.05, 4.69) is 6.58 Å². The first-order valence-corrected chi connectivity index (χ1v) is 9.28. The average Bonchev–Trinajstić information content (AvgIpc) is 2.94. The standard InChI is InChI=1S/C20H28O6/c1-6-9(2)18(22)25-13-7-10(3)12-8-14(21)20(5,24)16(12)17-15(13)11(4)19(23)26-17/h9,13-17,21,24H,4,6-8H2,1-3,5H3/t9-,13+,14+,15-,16+,17+,20-/m1/s1. The van der Waals surface area contributed by atoms with Crippen molar-refractivity contribution in [3.8, 4) is 0 Å². The molecule has 144 valence electrons. The summed E-state index contributed by atoms with van der Waals surface area (Å²) in [6.45, 7) is 11.1. The summed E-state index contributed by atoms with van der Waals surface area (Å²) in [5.74, 6) is -2.12. The predicted octanol–water partition coefficient (Wildman–Crippen LogP) is 1.89. The zero-order valence-corrected chi connectivity index (χ0v) is 15.8. The number of hydrogen-bond acceptors (Lipinski definition) is 6. The molecule has 6 heteroatoms. The maximum atomic E-state index is 12.4. The van der Waals surface area contributed by atoms with Gasteiger partial charge in [0.05, 0.1) is 23.5 Å². The molecule has 7 atom stereocenters. The van der Waals surface area contributed by atoms with Crippen LogP contribution < -0.4 is 0 Å². The van der Waals surface area contributed by atoms with Crippen LogP contribution in [0.5, 0.6) is 0 Å². The number of fused-ring (bicyclic) bond motifs is 3. The van der Waals surface area contributed by atoms with Crippen molar-refractivity contribution in [2.24, 2.45) is 17.8 Å². The van der Waals surface area contributed by atoms with Crippen molar-refractivity contribution in [1.82, 2.24) is 0 Å². The Bertz CT molecular complexity index is 676. The quantitative estimate of drug-likeness (QED) is 0.451. The second-order valence-corrected chi connectivity index (χ2v) is 8.14. The third-order valence-electron chi connectivity index (χ3n) is 6.42. The van der Waals surface area contributed by atoms with Crippen molar-refractivity contribution < 1.29 is 29.3 Å². The molecule has 1 saturated carbocycles. The van der Waals surface area contributed by atoms with E-state index in [0.29, 0.717) is 19.3 Å². The molecule has 0 spiro atoms. The lowest BCUT2D eigenvalue weighted by Crippen LogP contribution is -2.48. The van der Waals surface area contributed by atoms with Crippen LogP contribution >= 0.6 is 0 Å². The van der Waals surface area contributed by atoms with Crippen LogP contribution in [0.3, 0.4) is 0 Å². The Morgan fingerprint density at radius 1 is 1.46 bits per heavy atom. The van der Waals surface area contributed by atoms with E-state index < -0.39 is 41.7 Å². The lowest BCUT2D eigenvalue weighted by Gasteiger charge is -2.35. The molecular weight excluding hydrogens is 336 g/mol. The molecule has 0 radical (unpaired) electrons. The van der Waals surface area contributed by atoms with E-state index in [4.69, 9.17) is 9.47 Å². The molecule has 1 saturated heterocycles. The summed E-state index contributed by atoms with van der Waals surface area (Å²) in [5, 5.41) is 21.2. The Morgan fingerprint density at radius 2 is 2.12 bits per heavy atom. The van der Waals surface area contributed by atoms with Crippen molar-refractivity contribution in [3.05, 3.63) is 23.3 Å². The Balaban J connectivity index is 2.02. The minimum Gasteiger partial charge on any atom is -0.461 e. The summed E-state index contributed by atoms with van der Waals surface area (Å²) in [6, 6.07) is 0. The smallest absolute Gasteiger partial charge is 0.334 e. The van der Waals surface area contributed by atoms with Gasteiger partial charge in [-0.05, 0) is 26.7 Å². The van der Waals surface area contributed by atoms with Gasteiger partial charge in [0.25, 0.3) is 0 Å². The van der Waals surface area contributed by atoms with Crippen molar-refractivity contribution >= 4 is 11.9 Å². The Hall–Kier alpha value is -1.66. The monoisotopic (exact) mass is 364 g/mol. The topological polar surface area (TPSA) is 93.1 Å². The van der Waals surface area contributed by atoms with E-state index >= 15 is 0 Å². The molecule has 0 unspecified atom stereocenters. The molecule has 0 aromatic carbocycles. The van der Waals surface area contributed by atoms with Crippen molar-refractivity contribution in [3.63, 3.8) is 0 Å². The van der Waals surface area contributed by atoms with Gasteiger partial charge in [0, 0.05) is 17.9 Å². The molecule has 1 heterocycles. The summed E-state index contributed by atoms with van der Waals surface area (Å²) < 4.78 is 11.3. The largest absolute Gasteiger partial charge is 0.461 e. The third-order valence-corrected chi connectivity index (χ3v) is 6.42. The van der Waals surface area contributed by atoms with Crippen LogP contribution in [0, 0.1) is 17.8 Å². The zero-order valence-electron chi connectivity index (χ0n) is 15.8. The van der Waals surface area contributed by atoms with Gasteiger partial charge in [-0.25, -0.2) is 4.79 Å². The van der Waals surface area contributed by atoms with Crippen LogP contribution in [0.25, 0.3) is 0 Å². The summed E-state index contributed by atoms with van der Waals surface area (Å²) in [7, 11) is 0. The van der Waals surface area contributed by atoms with Crippen molar-refractivity contribution in [2.45, 2.75) is 70.9 Å². The number of aliphatic hydroxyl groups excluding tert-OH is 1. The fourth-order valence-corrected chi connectivity index (χ4v) is 4.50. The number of ether oxygens (including phenoxy) is 2. The molecule has 0 amide bonds. The van der Waals surface area contributed by atoms with E-state index in [0.717, 1.165) is 11.1 Å². The highest BCUT2D eigenvalue weighted by atomic mass is 16.6. The fourth-order valence-electron chi connectivity index (χ4n) is 4.50. The van der Waals surface area contributed by atoms with Gasteiger partial charge >= 0.3 is 11.9 Å². The van der Waals surface area contributed by atoms with Gasteiger partial charge in [0.1, 0.15) is 12.2 Å². The van der Waals surface area contributed by atoms with Gasteiger partial charge in [0.15, 0.2) is 0 Å². The SMILES string of the molecule is C=C1C(=O)O[C@H]2[C@H]1[C@@H](OC(=O)[C@H](C)CC)CC(C)=C1C[C@H](O)[C@@](C)(O)[C@@H]12. The second kappa shape index (κ2) is 6.50. The lowest BCUT2D eigenvalue weighted by molar-refractivity contribution is -0.160. The first-order valence-electron chi connectivity index (χ1n) is 9.28. The molecule has 0 aromatic rings. The number of carbonyl (C=O) groups excluding carboxylic acids is 2. The highest BCUT2D eigenvalue weighted by Crippen LogP contribution is 2.52. The number of carbonyl (C=O) groups is 2. The molecule has 1 aliphatic heterocycles. The fraction of sp³-hybridized carbons (Fsp3) is 0.700. The minimum atomic E-state index is -1.42. The first kappa shape index (κ1) is 19.1. The van der Waals surface area contributed by atoms with Gasteiger partial charge in [-0.1, -0.05) is 31.6 Å². The molecule has 3 aliphatic rings. The van der Waals surface area contributed by atoms with E-state index in [1.54, 1.807) is 6.92 Å². The molecule has 2 fully saturated rings. The minimum absolute atomic E-state index is 0.236. The maximum absolute atomic E-state index is 12.4. The summed E-state index contributed by atoms with van der Waals surface area (Å²) in [4.78, 5) is 24.6. The van der Waals surface area contributed by atoms with Crippen LogP contribution in [0.4, 0.5) is 0 Å². The number of rotatable bonds is 3. The Morgan fingerprint density at radius 3 is 2.73 bits per heavy atom. The summed E-state index contributed by atoms with van der Waals surface area (Å²) in [5.41, 5.74) is 0.706. The number of esters is 2. The summed E-state index contributed by atoms with van der Waals surface area (Å²) >= 11 is 0. The average molecular weight is 364 g/mol. The highest BCUT2D eigenvalue weighted by molar-refractivity contribution is 5.91. The molecule has 26 heavy (non-hydrogen) atoms. The van der Waals surface area contributed by atoms with E-state index in [-0.39, 0.29) is 17.5 Å². The lowest BCUT2D eigenvalue weighted by atomic mass is 9.78. The van der Waals surface area contributed by atoms with Crippen LogP contribution in [-0.2, 0) is 19.1 Å². The van der Waals surface area contributed by atoms with Crippen molar-refractivity contribution in [2.75, 3.05) is 0 Å².